The van der Waals surface area contributed by atoms with Crippen LogP contribution in [0.2, 0.25) is 0 Å². The van der Waals surface area contributed by atoms with Gasteiger partial charge in [-0.1, -0.05) is 0 Å². The predicted octanol–water partition coefficient (Wildman–Crippen LogP) is 2.15. The standard InChI is InChI=1S/C11H18N2OS/c1-8-9(4-6-14-8)13-11(2,3)10-12-5-7-15-10/h5,7-9,13H,4,6H2,1-3H3. The van der Waals surface area contributed by atoms with Crippen molar-refractivity contribution in [3.05, 3.63) is 16.6 Å². The first kappa shape index (κ1) is 11.0. The molecule has 1 fully saturated rings. The Bertz CT molecular complexity index is 310. The topological polar surface area (TPSA) is 34.1 Å². The highest BCUT2D eigenvalue weighted by molar-refractivity contribution is 7.09. The van der Waals surface area contributed by atoms with Crippen LogP contribution in [0, 0.1) is 0 Å². The molecule has 0 amide bonds. The largest absolute Gasteiger partial charge is 0.377 e. The third-order valence-corrected chi connectivity index (χ3v) is 3.99. The number of aromatic nitrogens is 1. The SMILES string of the molecule is CC1OCCC1NC(C)(C)c1nccs1. The smallest absolute Gasteiger partial charge is 0.112 e. The molecule has 4 heteroatoms. The highest BCUT2D eigenvalue weighted by atomic mass is 32.1. The summed E-state index contributed by atoms with van der Waals surface area (Å²) >= 11 is 1.70. The molecule has 1 aliphatic rings. The Morgan fingerprint density at radius 3 is 2.93 bits per heavy atom. The van der Waals surface area contributed by atoms with E-state index in [9.17, 15) is 0 Å². The summed E-state index contributed by atoms with van der Waals surface area (Å²) in [6, 6.07) is 0.448. The second kappa shape index (κ2) is 4.20. The first-order chi connectivity index (χ1) is 7.09. The zero-order chi connectivity index (χ0) is 10.9. The van der Waals surface area contributed by atoms with Crippen LogP contribution in [0.3, 0.4) is 0 Å². The van der Waals surface area contributed by atoms with Gasteiger partial charge in [0.25, 0.3) is 0 Å². The zero-order valence-corrected chi connectivity index (χ0v) is 10.3. The van der Waals surface area contributed by atoms with Gasteiger partial charge in [0.1, 0.15) is 5.01 Å². The maximum atomic E-state index is 5.55. The zero-order valence-electron chi connectivity index (χ0n) is 9.49. The fourth-order valence-electron chi connectivity index (χ4n) is 1.98. The minimum atomic E-state index is -0.0548. The molecule has 0 bridgehead atoms. The third-order valence-electron chi connectivity index (χ3n) is 2.89. The number of hydrogen-bond donors (Lipinski definition) is 1. The van der Waals surface area contributed by atoms with Gasteiger partial charge in [0, 0.05) is 24.2 Å². The molecule has 2 heterocycles. The van der Waals surface area contributed by atoms with E-state index in [4.69, 9.17) is 4.74 Å². The van der Waals surface area contributed by atoms with E-state index in [2.05, 4.69) is 31.1 Å². The van der Waals surface area contributed by atoms with Gasteiger partial charge in [-0.3, -0.25) is 0 Å². The van der Waals surface area contributed by atoms with Crippen LogP contribution in [-0.4, -0.2) is 23.7 Å². The van der Waals surface area contributed by atoms with Gasteiger partial charge in [-0.05, 0) is 27.2 Å². The minimum Gasteiger partial charge on any atom is -0.377 e. The fraction of sp³-hybridized carbons (Fsp3) is 0.727. The van der Waals surface area contributed by atoms with Crippen LogP contribution in [-0.2, 0) is 10.3 Å². The van der Waals surface area contributed by atoms with Crippen molar-refractivity contribution >= 4 is 11.3 Å². The average Bonchev–Trinajstić information content (AvgIpc) is 2.77. The Morgan fingerprint density at radius 2 is 2.40 bits per heavy atom. The monoisotopic (exact) mass is 226 g/mol. The Morgan fingerprint density at radius 1 is 1.60 bits per heavy atom. The minimum absolute atomic E-state index is 0.0548. The summed E-state index contributed by atoms with van der Waals surface area (Å²) in [5, 5.41) is 6.79. The molecule has 2 unspecified atom stereocenters. The fourth-order valence-corrected chi connectivity index (χ4v) is 2.70. The Balaban J connectivity index is 2.04. The summed E-state index contributed by atoms with van der Waals surface area (Å²) in [6.07, 6.45) is 3.26. The summed E-state index contributed by atoms with van der Waals surface area (Å²) in [5.41, 5.74) is -0.0548. The molecule has 15 heavy (non-hydrogen) atoms. The molecule has 0 saturated carbocycles. The van der Waals surface area contributed by atoms with Gasteiger partial charge in [-0.15, -0.1) is 11.3 Å². The van der Waals surface area contributed by atoms with Gasteiger partial charge in [0.05, 0.1) is 11.6 Å². The number of rotatable bonds is 3. The van der Waals surface area contributed by atoms with E-state index >= 15 is 0 Å². The molecule has 0 aromatic carbocycles. The molecule has 3 nitrogen and oxygen atoms in total. The third kappa shape index (κ3) is 2.38. The van der Waals surface area contributed by atoms with Gasteiger partial charge < -0.3 is 10.1 Å². The quantitative estimate of drug-likeness (QED) is 0.857. The number of nitrogens with zero attached hydrogens (tertiary/aromatic N) is 1. The van der Waals surface area contributed by atoms with Crippen LogP contribution in [0.1, 0.15) is 32.2 Å². The Kier molecular flexibility index (Phi) is 3.09. The molecule has 1 aliphatic heterocycles. The van der Waals surface area contributed by atoms with Crippen molar-refractivity contribution in [2.45, 2.75) is 44.9 Å². The van der Waals surface area contributed by atoms with E-state index in [0.29, 0.717) is 12.1 Å². The normalized spacial score (nSPS) is 27.1. The van der Waals surface area contributed by atoms with Crippen LogP contribution in [0.4, 0.5) is 0 Å². The van der Waals surface area contributed by atoms with Crippen molar-refractivity contribution in [1.82, 2.24) is 10.3 Å². The highest BCUT2D eigenvalue weighted by Crippen LogP contribution is 2.25. The van der Waals surface area contributed by atoms with Crippen LogP contribution < -0.4 is 5.32 Å². The molecular weight excluding hydrogens is 208 g/mol. The lowest BCUT2D eigenvalue weighted by atomic mass is 10.0. The van der Waals surface area contributed by atoms with Crippen molar-refractivity contribution < 1.29 is 4.74 Å². The molecular formula is C11H18N2OS. The Labute approximate surface area is 94.9 Å². The van der Waals surface area contributed by atoms with Gasteiger partial charge in [0.2, 0.25) is 0 Å². The maximum Gasteiger partial charge on any atom is 0.112 e. The first-order valence-electron chi connectivity index (χ1n) is 5.39. The second-order valence-corrected chi connectivity index (χ2v) is 5.47. The van der Waals surface area contributed by atoms with Crippen molar-refractivity contribution in [2.24, 2.45) is 0 Å². The summed E-state index contributed by atoms with van der Waals surface area (Å²) in [5.74, 6) is 0. The molecule has 1 N–H and O–H groups in total. The van der Waals surface area contributed by atoms with Crippen LogP contribution in [0.15, 0.2) is 11.6 Å². The van der Waals surface area contributed by atoms with Gasteiger partial charge in [-0.25, -0.2) is 4.98 Å². The second-order valence-electron chi connectivity index (χ2n) is 4.58. The van der Waals surface area contributed by atoms with Crippen LogP contribution >= 0.6 is 11.3 Å². The summed E-state index contributed by atoms with van der Waals surface area (Å²) in [6.45, 7) is 7.35. The summed E-state index contributed by atoms with van der Waals surface area (Å²) < 4.78 is 5.55. The number of nitrogens with one attached hydrogen (secondary N) is 1. The molecule has 1 aromatic heterocycles. The van der Waals surface area contributed by atoms with Crippen molar-refractivity contribution in [2.75, 3.05) is 6.61 Å². The lowest BCUT2D eigenvalue weighted by Crippen LogP contribution is -2.46. The van der Waals surface area contributed by atoms with E-state index in [1.54, 1.807) is 11.3 Å². The summed E-state index contributed by atoms with van der Waals surface area (Å²) in [7, 11) is 0. The molecule has 84 valence electrons. The molecule has 2 rings (SSSR count). The molecule has 2 atom stereocenters. The van der Waals surface area contributed by atoms with E-state index in [1.807, 2.05) is 11.6 Å². The lowest BCUT2D eigenvalue weighted by molar-refractivity contribution is 0.106. The highest BCUT2D eigenvalue weighted by Gasteiger charge is 2.32. The van der Waals surface area contributed by atoms with E-state index in [0.717, 1.165) is 18.0 Å². The number of ether oxygens (including phenoxy) is 1. The van der Waals surface area contributed by atoms with Crippen molar-refractivity contribution in [3.8, 4) is 0 Å². The number of hydrogen-bond acceptors (Lipinski definition) is 4. The molecule has 0 spiro atoms. The van der Waals surface area contributed by atoms with Crippen LogP contribution in [0.5, 0.6) is 0 Å². The van der Waals surface area contributed by atoms with Crippen molar-refractivity contribution in [1.29, 1.82) is 0 Å². The maximum absolute atomic E-state index is 5.55. The van der Waals surface area contributed by atoms with E-state index in [-0.39, 0.29) is 5.54 Å². The first-order valence-corrected chi connectivity index (χ1v) is 6.27. The van der Waals surface area contributed by atoms with Crippen LogP contribution in [0.25, 0.3) is 0 Å². The molecule has 0 aliphatic carbocycles. The van der Waals surface area contributed by atoms with Gasteiger partial charge >= 0.3 is 0 Å². The van der Waals surface area contributed by atoms with E-state index in [1.165, 1.54) is 0 Å². The summed E-state index contributed by atoms with van der Waals surface area (Å²) in [4.78, 5) is 4.37. The molecule has 1 aromatic rings. The van der Waals surface area contributed by atoms with E-state index < -0.39 is 0 Å². The van der Waals surface area contributed by atoms with Crippen molar-refractivity contribution in [3.63, 3.8) is 0 Å². The predicted molar refractivity (Wildman–Crippen MR) is 62.1 cm³/mol. The number of thiazole rings is 1. The Hall–Kier alpha value is -0.450. The van der Waals surface area contributed by atoms with Gasteiger partial charge in [-0.2, -0.15) is 0 Å². The average molecular weight is 226 g/mol. The molecule has 1 saturated heterocycles. The van der Waals surface area contributed by atoms with Gasteiger partial charge in [0.15, 0.2) is 0 Å². The lowest BCUT2D eigenvalue weighted by Gasteiger charge is -2.29. The molecule has 0 radical (unpaired) electrons.